The molecule has 0 aliphatic heterocycles. The van der Waals surface area contributed by atoms with E-state index in [0.29, 0.717) is 6.54 Å². The van der Waals surface area contributed by atoms with Crippen molar-refractivity contribution in [2.24, 2.45) is 11.7 Å². The molecule has 1 atom stereocenters. The molecule has 0 fully saturated rings. The number of aliphatic hydroxyl groups excluding tert-OH is 1. The zero-order chi connectivity index (χ0) is 10.7. The van der Waals surface area contributed by atoms with E-state index in [-0.39, 0.29) is 23.9 Å². The quantitative estimate of drug-likeness (QED) is 0.588. The summed E-state index contributed by atoms with van der Waals surface area (Å²) in [5.74, 6) is -0.576. The normalized spacial score (nSPS) is 12.7. The molecule has 1 aromatic rings. The van der Waals surface area contributed by atoms with E-state index in [9.17, 15) is 4.79 Å². The van der Waals surface area contributed by atoms with Crippen LogP contribution in [0.25, 0.3) is 0 Å². The minimum atomic E-state index is -0.641. The summed E-state index contributed by atoms with van der Waals surface area (Å²) in [6, 6.07) is 0. The summed E-state index contributed by atoms with van der Waals surface area (Å²) in [6.07, 6.45) is 1.53. The zero-order valence-electron chi connectivity index (χ0n) is 7.97. The van der Waals surface area contributed by atoms with Gasteiger partial charge in [0.1, 0.15) is 0 Å². The fourth-order valence-corrected chi connectivity index (χ4v) is 1.10. The van der Waals surface area contributed by atoms with Crippen LogP contribution in [0.4, 0.5) is 5.69 Å². The Morgan fingerprint density at radius 1 is 1.79 bits per heavy atom. The van der Waals surface area contributed by atoms with Crippen molar-refractivity contribution < 1.29 is 9.90 Å². The summed E-state index contributed by atoms with van der Waals surface area (Å²) in [7, 11) is 0. The van der Waals surface area contributed by atoms with Crippen molar-refractivity contribution in [2.45, 2.75) is 13.5 Å². The molecular formula is C8H14N4O2. The Morgan fingerprint density at radius 3 is 2.86 bits per heavy atom. The minimum absolute atomic E-state index is 0.0612. The Kier molecular flexibility index (Phi) is 3.08. The Morgan fingerprint density at radius 2 is 2.43 bits per heavy atom. The Labute approximate surface area is 81.5 Å². The van der Waals surface area contributed by atoms with E-state index in [1.165, 1.54) is 10.9 Å². The van der Waals surface area contributed by atoms with Crippen molar-refractivity contribution in [3.8, 4) is 0 Å². The molecular weight excluding hydrogens is 184 g/mol. The average molecular weight is 198 g/mol. The highest BCUT2D eigenvalue weighted by Crippen LogP contribution is 2.09. The molecule has 14 heavy (non-hydrogen) atoms. The van der Waals surface area contributed by atoms with Gasteiger partial charge < -0.3 is 16.6 Å². The molecule has 6 nitrogen and oxygen atoms in total. The number of rotatable bonds is 4. The molecule has 0 aromatic carbocycles. The number of anilines is 1. The Bertz CT molecular complexity index is 334. The van der Waals surface area contributed by atoms with Crippen LogP contribution in [0.2, 0.25) is 0 Å². The van der Waals surface area contributed by atoms with E-state index >= 15 is 0 Å². The van der Waals surface area contributed by atoms with Gasteiger partial charge in [0.25, 0.3) is 5.91 Å². The van der Waals surface area contributed by atoms with Gasteiger partial charge in [-0.2, -0.15) is 5.10 Å². The van der Waals surface area contributed by atoms with Crippen molar-refractivity contribution >= 4 is 11.6 Å². The Hall–Kier alpha value is -1.56. The molecule has 0 spiro atoms. The predicted molar refractivity (Wildman–Crippen MR) is 51.4 cm³/mol. The molecule has 0 aliphatic carbocycles. The maximum atomic E-state index is 10.8. The number of nitrogens with zero attached hydrogens (tertiary/aromatic N) is 2. The van der Waals surface area contributed by atoms with Gasteiger partial charge in [0.2, 0.25) is 0 Å². The fraction of sp³-hybridized carbons (Fsp3) is 0.500. The summed E-state index contributed by atoms with van der Waals surface area (Å²) >= 11 is 0. The van der Waals surface area contributed by atoms with E-state index in [2.05, 4.69) is 5.10 Å². The fourth-order valence-electron chi connectivity index (χ4n) is 1.10. The van der Waals surface area contributed by atoms with Crippen LogP contribution in [0.5, 0.6) is 0 Å². The molecule has 6 heteroatoms. The van der Waals surface area contributed by atoms with Crippen LogP contribution in [-0.2, 0) is 6.54 Å². The van der Waals surface area contributed by atoms with Crippen molar-refractivity contribution in [1.82, 2.24) is 9.78 Å². The molecule has 78 valence electrons. The van der Waals surface area contributed by atoms with Crippen molar-refractivity contribution in [2.75, 3.05) is 12.3 Å². The number of nitrogens with two attached hydrogens (primary N) is 2. The van der Waals surface area contributed by atoms with Crippen LogP contribution in [0.3, 0.4) is 0 Å². The molecule has 0 saturated carbocycles. The van der Waals surface area contributed by atoms with Gasteiger partial charge in [-0.05, 0) is 5.92 Å². The number of carbonyl (C=O) groups is 1. The van der Waals surface area contributed by atoms with Crippen LogP contribution in [0.15, 0.2) is 6.20 Å². The number of carbonyl (C=O) groups excluding carboxylic acids is 1. The van der Waals surface area contributed by atoms with E-state index < -0.39 is 5.91 Å². The third-order valence-corrected chi connectivity index (χ3v) is 1.83. The second-order valence-electron chi connectivity index (χ2n) is 3.31. The third kappa shape index (κ3) is 2.23. The van der Waals surface area contributed by atoms with Gasteiger partial charge >= 0.3 is 0 Å². The summed E-state index contributed by atoms with van der Waals surface area (Å²) in [6.45, 7) is 2.43. The molecule has 1 heterocycles. The van der Waals surface area contributed by atoms with Gasteiger partial charge in [0.15, 0.2) is 5.69 Å². The maximum absolute atomic E-state index is 10.8. The first-order chi connectivity index (χ1) is 6.54. The van der Waals surface area contributed by atoms with Crippen molar-refractivity contribution in [1.29, 1.82) is 0 Å². The lowest BCUT2D eigenvalue weighted by atomic mass is 10.2. The zero-order valence-corrected chi connectivity index (χ0v) is 7.97. The molecule has 1 unspecified atom stereocenters. The number of hydrogen-bond acceptors (Lipinski definition) is 4. The second-order valence-corrected chi connectivity index (χ2v) is 3.31. The lowest BCUT2D eigenvalue weighted by molar-refractivity contribution is 0.0995. The van der Waals surface area contributed by atoms with E-state index in [0.717, 1.165) is 0 Å². The minimum Gasteiger partial charge on any atom is -0.396 e. The van der Waals surface area contributed by atoms with Gasteiger partial charge in [0, 0.05) is 19.3 Å². The number of primary amides is 1. The number of amides is 1. The Balaban J connectivity index is 2.81. The number of aliphatic hydroxyl groups is 1. The maximum Gasteiger partial charge on any atom is 0.271 e. The van der Waals surface area contributed by atoms with Gasteiger partial charge in [-0.3, -0.25) is 9.48 Å². The molecule has 0 saturated heterocycles. The number of nitrogen functional groups attached to an aromatic ring is 1. The lowest BCUT2D eigenvalue weighted by Gasteiger charge is -2.06. The van der Waals surface area contributed by atoms with E-state index in [1.807, 2.05) is 6.92 Å². The molecule has 0 radical (unpaired) electrons. The molecule has 1 aromatic heterocycles. The summed E-state index contributed by atoms with van der Waals surface area (Å²) in [5.41, 5.74) is 10.9. The van der Waals surface area contributed by atoms with Crippen LogP contribution < -0.4 is 11.5 Å². The molecule has 1 amide bonds. The van der Waals surface area contributed by atoms with E-state index in [1.54, 1.807) is 0 Å². The summed E-state index contributed by atoms with van der Waals surface area (Å²) in [5, 5.41) is 12.7. The highest BCUT2D eigenvalue weighted by molar-refractivity contribution is 5.95. The summed E-state index contributed by atoms with van der Waals surface area (Å²) < 4.78 is 1.51. The van der Waals surface area contributed by atoms with Crippen LogP contribution in [0, 0.1) is 5.92 Å². The molecule has 0 aliphatic rings. The third-order valence-electron chi connectivity index (χ3n) is 1.83. The first-order valence-corrected chi connectivity index (χ1v) is 4.28. The largest absolute Gasteiger partial charge is 0.396 e. The number of hydrogen-bond donors (Lipinski definition) is 3. The van der Waals surface area contributed by atoms with Crippen LogP contribution in [0.1, 0.15) is 17.4 Å². The van der Waals surface area contributed by atoms with E-state index in [4.69, 9.17) is 16.6 Å². The first-order valence-electron chi connectivity index (χ1n) is 4.28. The summed E-state index contributed by atoms with van der Waals surface area (Å²) in [4.78, 5) is 10.8. The molecule has 1 rings (SSSR count). The van der Waals surface area contributed by atoms with Gasteiger partial charge in [-0.1, -0.05) is 6.92 Å². The average Bonchev–Trinajstić information content (AvgIpc) is 2.46. The predicted octanol–water partition coefficient (Wildman–Crippen LogP) is -0.807. The highest BCUT2D eigenvalue weighted by atomic mass is 16.3. The van der Waals surface area contributed by atoms with Gasteiger partial charge in [-0.25, -0.2) is 0 Å². The molecule has 0 bridgehead atoms. The number of aromatic nitrogens is 2. The van der Waals surface area contributed by atoms with Gasteiger partial charge in [-0.15, -0.1) is 0 Å². The van der Waals surface area contributed by atoms with Crippen LogP contribution in [-0.4, -0.2) is 27.4 Å². The van der Waals surface area contributed by atoms with Crippen molar-refractivity contribution in [3.63, 3.8) is 0 Å². The molecule has 5 N–H and O–H groups in total. The van der Waals surface area contributed by atoms with Crippen molar-refractivity contribution in [3.05, 3.63) is 11.9 Å². The topological polar surface area (TPSA) is 107 Å². The SMILES string of the molecule is CC(CO)Cn1cc(N)c(C(N)=O)n1. The first kappa shape index (κ1) is 10.5. The standard InChI is InChI=1S/C8H14N4O2/c1-5(4-13)2-12-3-6(9)7(11-12)8(10)14/h3,5,13H,2,4,9H2,1H3,(H2,10,14). The smallest absolute Gasteiger partial charge is 0.271 e. The van der Waals surface area contributed by atoms with Crippen LogP contribution >= 0.6 is 0 Å². The second kappa shape index (κ2) is 4.10. The lowest BCUT2D eigenvalue weighted by Crippen LogP contribution is -2.15. The van der Waals surface area contributed by atoms with Gasteiger partial charge in [0.05, 0.1) is 5.69 Å². The highest BCUT2D eigenvalue weighted by Gasteiger charge is 2.12. The monoisotopic (exact) mass is 198 g/mol.